The Labute approximate surface area is 183 Å². The highest BCUT2D eigenvalue weighted by Gasteiger charge is 2.32. The van der Waals surface area contributed by atoms with E-state index in [0.717, 1.165) is 0 Å². The van der Waals surface area contributed by atoms with Crippen LogP contribution in [0.1, 0.15) is 28.8 Å². The molecule has 166 valence electrons. The molecule has 5 nitrogen and oxygen atoms in total. The minimum absolute atomic E-state index is 0.107. The second-order valence-corrected chi connectivity index (χ2v) is 7.92. The number of hydrogen-bond donors (Lipinski definition) is 0. The fraction of sp³-hybridized carbons (Fsp3) is 0.364. The average molecular weight is 455 g/mol. The summed E-state index contributed by atoms with van der Waals surface area (Å²) in [5.41, 5.74) is 1.20. The van der Waals surface area contributed by atoms with Crippen molar-refractivity contribution >= 4 is 23.4 Å². The van der Waals surface area contributed by atoms with Crippen LogP contribution in [-0.4, -0.2) is 48.1 Å². The molecule has 1 unspecified atom stereocenters. The molecule has 2 aromatic rings. The zero-order valence-corrected chi connectivity index (χ0v) is 17.6. The molecule has 1 fully saturated rings. The molecule has 1 heterocycles. The molecule has 0 radical (unpaired) electrons. The summed E-state index contributed by atoms with van der Waals surface area (Å²) < 4.78 is 40.7. The lowest BCUT2D eigenvalue weighted by atomic mass is 9.95. The number of nitrogens with zero attached hydrogens (tertiary/aromatic N) is 2. The monoisotopic (exact) mass is 454 g/mol. The summed E-state index contributed by atoms with van der Waals surface area (Å²) in [6.45, 7) is 1.14. The molecule has 2 aromatic carbocycles. The Morgan fingerprint density at radius 1 is 1.13 bits per heavy atom. The lowest BCUT2D eigenvalue weighted by Gasteiger charge is -2.34. The van der Waals surface area contributed by atoms with E-state index in [2.05, 4.69) is 4.74 Å². The van der Waals surface area contributed by atoms with Gasteiger partial charge < -0.3 is 14.5 Å². The Bertz CT molecular complexity index is 917. The predicted molar refractivity (Wildman–Crippen MR) is 110 cm³/mol. The van der Waals surface area contributed by atoms with Crippen LogP contribution in [0.3, 0.4) is 0 Å². The molecule has 31 heavy (non-hydrogen) atoms. The topological polar surface area (TPSA) is 49.9 Å². The van der Waals surface area contributed by atoms with Gasteiger partial charge in [0.25, 0.3) is 5.91 Å². The van der Waals surface area contributed by atoms with E-state index in [1.165, 1.54) is 29.2 Å². The number of carbonyl (C=O) groups is 2. The summed E-state index contributed by atoms with van der Waals surface area (Å²) in [4.78, 5) is 28.8. The van der Waals surface area contributed by atoms with Gasteiger partial charge in [0.2, 0.25) is 5.91 Å². The lowest BCUT2D eigenvalue weighted by molar-refractivity contribution is -0.274. The van der Waals surface area contributed by atoms with Crippen molar-refractivity contribution in [2.75, 3.05) is 20.1 Å². The molecule has 1 aliphatic rings. The minimum Gasteiger partial charge on any atom is -0.406 e. The van der Waals surface area contributed by atoms with Crippen molar-refractivity contribution in [2.24, 2.45) is 5.92 Å². The van der Waals surface area contributed by atoms with Crippen LogP contribution < -0.4 is 4.74 Å². The maximum absolute atomic E-state index is 12.9. The number of carbonyl (C=O) groups excluding carboxylic acids is 2. The van der Waals surface area contributed by atoms with E-state index in [1.54, 1.807) is 36.2 Å². The average Bonchev–Trinajstić information content (AvgIpc) is 2.73. The van der Waals surface area contributed by atoms with Gasteiger partial charge in [-0.25, -0.2) is 0 Å². The molecule has 2 amide bonds. The van der Waals surface area contributed by atoms with E-state index in [-0.39, 0.29) is 30.0 Å². The van der Waals surface area contributed by atoms with Crippen molar-refractivity contribution in [3.05, 3.63) is 64.7 Å². The van der Waals surface area contributed by atoms with Crippen molar-refractivity contribution in [3.8, 4) is 5.75 Å². The summed E-state index contributed by atoms with van der Waals surface area (Å²) in [6, 6.07) is 12.0. The second kappa shape index (κ2) is 9.60. The van der Waals surface area contributed by atoms with Crippen molar-refractivity contribution in [1.82, 2.24) is 9.80 Å². The van der Waals surface area contributed by atoms with Crippen molar-refractivity contribution in [2.45, 2.75) is 25.7 Å². The fourth-order valence-corrected chi connectivity index (χ4v) is 3.72. The summed E-state index contributed by atoms with van der Waals surface area (Å²) in [6.07, 6.45) is -3.36. The van der Waals surface area contributed by atoms with E-state index in [1.807, 2.05) is 0 Å². The van der Waals surface area contributed by atoms with Crippen LogP contribution in [0.25, 0.3) is 0 Å². The van der Waals surface area contributed by atoms with Crippen LogP contribution >= 0.6 is 11.6 Å². The molecular weight excluding hydrogens is 433 g/mol. The predicted octanol–water partition coefficient (Wildman–Crippen LogP) is 4.75. The number of piperidine rings is 1. The molecule has 0 spiro atoms. The first-order valence-corrected chi connectivity index (χ1v) is 10.1. The zero-order valence-electron chi connectivity index (χ0n) is 16.9. The number of rotatable bonds is 5. The smallest absolute Gasteiger partial charge is 0.406 e. The van der Waals surface area contributed by atoms with Gasteiger partial charge in [0, 0.05) is 37.3 Å². The molecule has 1 saturated heterocycles. The number of benzene rings is 2. The molecule has 1 atom stereocenters. The molecule has 0 saturated carbocycles. The molecule has 0 aliphatic carbocycles. The van der Waals surface area contributed by atoms with Gasteiger partial charge in [0.15, 0.2) is 0 Å². The first-order valence-electron chi connectivity index (χ1n) is 9.77. The lowest BCUT2D eigenvalue weighted by Crippen LogP contribution is -2.45. The Balaban J connectivity index is 1.58. The first kappa shape index (κ1) is 22.9. The van der Waals surface area contributed by atoms with Gasteiger partial charge in [0.05, 0.1) is 5.92 Å². The summed E-state index contributed by atoms with van der Waals surface area (Å²) in [5.74, 6) is -0.891. The molecular formula is C22H22ClF3N2O3. The molecule has 0 aromatic heterocycles. The maximum atomic E-state index is 12.9. The molecule has 0 N–H and O–H groups in total. The van der Waals surface area contributed by atoms with E-state index in [0.29, 0.717) is 42.1 Å². The summed E-state index contributed by atoms with van der Waals surface area (Å²) in [7, 11) is 1.64. The standard InChI is InChI=1S/C22H22ClF3N2O3/c1-27(13-15-4-10-19(11-5-15)31-22(24,25)26)20(29)17-3-2-12-28(14-17)21(30)16-6-8-18(23)9-7-16/h4-11,17H,2-3,12-14H2,1H3. The number of likely N-dealkylation sites (tertiary alicyclic amines) is 1. The van der Waals surface area contributed by atoms with Crippen LogP contribution in [0.5, 0.6) is 5.75 Å². The zero-order chi connectivity index (χ0) is 22.6. The van der Waals surface area contributed by atoms with Gasteiger partial charge in [-0.05, 0) is 54.8 Å². The third-order valence-corrected chi connectivity index (χ3v) is 5.35. The highest BCUT2D eigenvalue weighted by molar-refractivity contribution is 6.30. The fourth-order valence-electron chi connectivity index (χ4n) is 3.60. The summed E-state index contributed by atoms with van der Waals surface area (Å²) in [5, 5.41) is 0.544. The van der Waals surface area contributed by atoms with Crippen LogP contribution in [0, 0.1) is 5.92 Å². The number of alkyl halides is 3. The molecule has 0 bridgehead atoms. The number of ether oxygens (including phenoxy) is 1. The highest BCUT2D eigenvalue weighted by atomic mass is 35.5. The van der Waals surface area contributed by atoms with Crippen LogP contribution in [0.2, 0.25) is 5.02 Å². The van der Waals surface area contributed by atoms with Crippen LogP contribution in [0.15, 0.2) is 48.5 Å². The quantitative estimate of drug-likeness (QED) is 0.655. The van der Waals surface area contributed by atoms with E-state index >= 15 is 0 Å². The third kappa shape index (κ3) is 6.37. The Morgan fingerprint density at radius 3 is 2.39 bits per heavy atom. The SMILES string of the molecule is CN(Cc1ccc(OC(F)(F)F)cc1)C(=O)C1CCCN(C(=O)c2ccc(Cl)cc2)C1. The van der Waals surface area contributed by atoms with Crippen LogP contribution in [-0.2, 0) is 11.3 Å². The summed E-state index contributed by atoms with van der Waals surface area (Å²) >= 11 is 5.87. The Hall–Kier alpha value is -2.74. The Kier molecular flexibility index (Phi) is 7.10. The maximum Gasteiger partial charge on any atom is 0.573 e. The normalized spacial score (nSPS) is 16.7. The van der Waals surface area contributed by atoms with Crippen molar-refractivity contribution < 1.29 is 27.5 Å². The second-order valence-electron chi connectivity index (χ2n) is 7.48. The molecule has 9 heteroatoms. The minimum atomic E-state index is -4.75. The van der Waals surface area contributed by atoms with E-state index in [9.17, 15) is 22.8 Å². The van der Waals surface area contributed by atoms with Gasteiger partial charge in [-0.1, -0.05) is 23.7 Å². The largest absolute Gasteiger partial charge is 0.573 e. The van der Waals surface area contributed by atoms with Gasteiger partial charge in [-0.2, -0.15) is 0 Å². The van der Waals surface area contributed by atoms with Gasteiger partial charge in [-0.15, -0.1) is 13.2 Å². The van der Waals surface area contributed by atoms with Crippen LogP contribution in [0.4, 0.5) is 13.2 Å². The van der Waals surface area contributed by atoms with Gasteiger partial charge in [0.1, 0.15) is 5.75 Å². The van der Waals surface area contributed by atoms with Crippen molar-refractivity contribution in [3.63, 3.8) is 0 Å². The number of hydrogen-bond acceptors (Lipinski definition) is 3. The molecule has 1 aliphatic heterocycles. The Morgan fingerprint density at radius 2 is 1.77 bits per heavy atom. The van der Waals surface area contributed by atoms with Gasteiger partial charge in [-0.3, -0.25) is 9.59 Å². The van der Waals surface area contributed by atoms with Crippen molar-refractivity contribution in [1.29, 1.82) is 0 Å². The third-order valence-electron chi connectivity index (χ3n) is 5.10. The molecule has 3 rings (SSSR count). The van der Waals surface area contributed by atoms with E-state index < -0.39 is 6.36 Å². The number of amides is 2. The highest BCUT2D eigenvalue weighted by Crippen LogP contribution is 2.24. The van der Waals surface area contributed by atoms with E-state index in [4.69, 9.17) is 11.6 Å². The number of halogens is 4. The van der Waals surface area contributed by atoms with Gasteiger partial charge >= 0.3 is 6.36 Å². The first-order chi connectivity index (χ1) is 14.6.